The van der Waals surface area contributed by atoms with Gasteiger partial charge in [-0.15, -0.1) is 0 Å². The first-order valence-corrected chi connectivity index (χ1v) is 8.83. The molecule has 0 saturated carbocycles. The van der Waals surface area contributed by atoms with Crippen molar-refractivity contribution in [1.29, 1.82) is 0 Å². The van der Waals surface area contributed by atoms with Crippen molar-refractivity contribution in [3.63, 3.8) is 0 Å². The standard InChI is InChI=1S/C19H15NO3S/c21-19(16-11-5-2-6-12-16)20-24(22,23)18-14-8-7-13-17(18)15-9-3-1-4-10-15/h1-14H,(H,20,21). The van der Waals surface area contributed by atoms with Gasteiger partial charge in [-0.2, -0.15) is 0 Å². The molecule has 0 aromatic heterocycles. The van der Waals surface area contributed by atoms with Crippen LogP contribution in [0.15, 0.2) is 89.8 Å². The molecule has 0 saturated heterocycles. The minimum Gasteiger partial charge on any atom is -0.268 e. The Balaban J connectivity index is 1.98. The van der Waals surface area contributed by atoms with E-state index in [-0.39, 0.29) is 4.90 Å². The monoisotopic (exact) mass is 337 g/mol. The van der Waals surface area contributed by atoms with E-state index in [9.17, 15) is 13.2 Å². The summed E-state index contributed by atoms with van der Waals surface area (Å²) in [5.74, 6) is -0.654. The highest BCUT2D eigenvalue weighted by molar-refractivity contribution is 7.90. The van der Waals surface area contributed by atoms with Gasteiger partial charge < -0.3 is 0 Å². The number of carbonyl (C=O) groups excluding carboxylic acids is 1. The summed E-state index contributed by atoms with van der Waals surface area (Å²) in [7, 11) is -3.99. The van der Waals surface area contributed by atoms with E-state index in [1.165, 1.54) is 6.07 Å². The highest BCUT2D eigenvalue weighted by Crippen LogP contribution is 2.26. The molecule has 5 heteroatoms. The van der Waals surface area contributed by atoms with Crippen molar-refractivity contribution in [2.45, 2.75) is 4.90 Å². The second-order valence-corrected chi connectivity index (χ2v) is 6.81. The van der Waals surface area contributed by atoms with Gasteiger partial charge in [-0.25, -0.2) is 13.1 Å². The van der Waals surface area contributed by atoms with E-state index < -0.39 is 15.9 Å². The van der Waals surface area contributed by atoms with Crippen molar-refractivity contribution < 1.29 is 13.2 Å². The maximum atomic E-state index is 12.7. The van der Waals surface area contributed by atoms with E-state index >= 15 is 0 Å². The third kappa shape index (κ3) is 3.36. The molecular weight excluding hydrogens is 322 g/mol. The van der Waals surface area contributed by atoms with Crippen molar-refractivity contribution in [1.82, 2.24) is 4.72 Å². The molecule has 24 heavy (non-hydrogen) atoms. The number of hydrogen-bond acceptors (Lipinski definition) is 3. The normalized spacial score (nSPS) is 11.0. The fraction of sp³-hybridized carbons (Fsp3) is 0. The van der Waals surface area contributed by atoms with Crippen molar-refractivity contribution in [2.75, 3.05) is 0 Å². The summed E-state index contributed by atoms with van der Waals surface area (Å²) in [6, 6.07) is 24.0. The molecular formula is C19H15NO3S. The van der Waals surface area contributed by atoms with Crippen LogP contribution in [0.5, 0.6) is 0 Å². The zero-order chi connectivity index (χ0) is 17.0. The zero-order valence-corrected chi connectivity index (χ0v) is 13.5. The Morgan fingerprint density at radius 3 is 1.92 bits per heavy atom. The van der Waals surface area contributed by atoms with E-state index in [1.807, 2.05) is 30.3 Å². The SMILES string of the molecule is O=C(NS(=O)(=O)c1ccccc1-c1ccccc1)c1ccccc1. The van der Waals surface area contributed by atoms with Gasteiger partial charge >= 0.3 is 0 Å². The number of rotatable bonds is 4. The molecule has 0 spiro atoms. The number of benzene rings is 3. The van der Waals surface area contributed by atoms with Crippen LogP contribution in [0.25, 0.3) is 11.1 Å². The zero-order valence-electron chi connectivity index (χ0n) is 12.7. The van der Waals surface area contributed by atoms with Gasteiger partial charge in [-0.1, -0.05) is 66.7 Å². The average Bonchev–Trinajstić information content (AvgIpc) is 2.63. The summed E-state index contributed by atoms with van der Waals surface area (Å²) in [5, 5.41) is 0. The van der Waals surface area contributed by atoms with Gasteiger partial charge in [0, 0.05) is 11.1 Å². The van der Waals surface area contributed by atoms with Gasteiger partial charge in [-0.3, -0.25) is 4.79 Å². The van der Waals surface area contributed by atoms with Gasteiger partial charge in [0.25, 0.3) is 15.9 Å². The van der Waals surface area contributed by atoms with Crippen LogP contribution >= 0.6 is 0 Å². The molecule has 0 bridgehead atoms. The third-order valence-corrected chi connectivity index (χ3v) is 4.91. The summed E-state index contributed by atoms with van der Waals surface area (Å²) >= 11 is 0. The van der Waals surface area contributed by atoms with Crippen LogP contribution in [-0.4, -0.2) is 14.3 Å². The topological polar surface area (TPSA) is 63.2 Å². The summed E-state index contributed by atoms with van der Waals surface area (Å²) in [6.45, 7) is 0. The molecule has 0 aliphatic heterocycles. The van der Waals surface area contributed by atoms with Crippen molar-refractivity contribution >= 4 is 15.9 Å². The Morgan fingerprint density at radius 2 is 1.25 bits per heavy atom. The van der Waals surface area contributed by atoms with E-state index in [4.69, 9.17) is 0 Å². The van der Waals surface area contributed by atoms with E-state index in [0.29, 0.717) is 11.1 Å². The smallest absolute Gasteiger partial charge is 0.264 e. The lowest BCUT2D eigenvalue weighted by atomic mass is 10.1. The molecule has 0 heterocycles. The molecule has 3 aromatic rings. The van der Waals surface area contributed by atoms with Gasteiger partial charge in [-0.05, 0) is 23.8 Å². The molecule has 4 nitrogen and oxygen atoms in total. The number of nitrogens with one attached hydrogen (secondary N) is 1. The van der Waals surface area contributed by atoms with Crippen LogP contribution in [0.2, 0.25) is 0 Å². The van der Waals surface area contributed by atoms with Crippen LogP contribution < -0.4 is 4.72 Å². The first-order chi connectivity index (χ1) is 11.6. The molecule has 0 aliphatic rings. The van der Waals surface area contributed by atoms with Gasteiger partial charge in [0.1, 0.15) is 0 Å². The minimum atomic E-state index is -3.99. The number of sulfonamides is 1. The molecule has 0 fully saturated rings. The lowest BCUT2D eigenvalue weighted by Crippen LogP contribution is -2.30. The molecule has 0 aliphatic carbocycles. The summed E-state index contributed by atoms with van der Waals surface area (Å²) in [5.41, 5.74) is 1.61. The molecule has 120 valence electrons. The van der Waals surface area contributed by atoms with Crippen LogP contribution in [0.3, 0.4) is 0 Å². The van der Waals surface area contributed by atoms with Gasteiger partial charge in [0.2, 0.25) is 0 Å². The number of hydrogen-bond donors (Lipinski definition) is 1. The lowest BCUT2D eigenvalue weighted by molar-refractivity contribution is 0.0981. The highest BCUT2D eigenvalue weighted by atomic mass is 32.2. The summed E-state index contributed by atoms with van der Waals surface area (Å²) in [6.07, 6.45) is 0. The van der Waals surface area contributed by atoms with E-state index in [1.54, 1.807) is 48.5 Å². The number of carbonyl (C=O) groups is 1. The Morgan fingerprint density at radius 1 is 0.708 bits per heavy atom. The predicted octanol–water partition coefficient (Wildman–Crippen LogP) is 3.47. The average molecular weight is 337 g/mol. The quantitative estimate of drug-likeness (QED) is 0.793. The minimum absolute atomic E-state index is 0.0699. The molecule has 1 N–H and O–H groups in total. The van der Waals surface area contributed by atoms with Crippen molar-refractivity contribution in [3.05, 3.63) is 90.5 Å². The maximum Gasteiger partial charge on any atom is 0.264 e. The Labute approximate surface area is 140 Å². The predicted molar refractivity (Wildman–Crippen MR) is 93.0 cm³/mol. The summed E-state index contributed by atoms with van der Waals surface area (Å²) in [4.78, 5) is 12.3. The van der Waals surface area contributed by atoms with Gasteiger partial charge in [0.05, 0.1) is 4.90 Å². The largest absolute Gasteiger partial charge is 0.268 e. The van der Waals surface area contributed by atoms with Crippen LogP contribution in [0.1, 0.15) is 10.4 Å². The molecule has 3 aromatic carbocycles. The molecule has 0 radical (unpaired) electrons. The van der Waals surface area contributed by atoms with Crippen LogP contribution in [0.4, 0.5) is 0 Å². The van der Waals surface area contributed by atoms with Crippen molar-refractivity contribution in [3.8, 4) is 11.1 Å². The summed E-state index contributed by atoms with van der Waals surface area (Å²) < 4.78 is 27.5. The number of amides is 1. The van der Waals surface area contributed by atoms with Crippen LogP contribution in [0, 0.1) is 0 Å². The second kappa shape index (κ2) is 6.68. The van der Waals surface area contributed by atoms with Gasteiger partial charge in [0.15, 0.2) is 0 Å². The Hall–Kier alpha value is -2.92. The lowest BCUT2D eigenvalue weighted by Gasteiger charge is -2.11. The maximum absolute atomic E-state index is 12.7. The fourth-order valence-corrected chi connectivity index (χ4v) is 3.59. The third-order valence-electron chi connectivity index (χ3n) is 3.52. The molecule has 0 unspecified atom stereocenters. The molecule has 0 atom stereocenters. The van der Waals surface area contributed by atoms with Crippen LogP contribution in [-0.2, 0) is 10.0 Å². The van der Waals surface area contributed by atoms with Crippen molar-refractivity contribution in [2.24, 2.45) is 0 Å². The van der Waals surface area contributed by atoms with E-state index in [0.717, 1.165) is 5.56 Å². The Bertz CT molecular complexity index is 952. The first-order valence-electron chi connectivity index (χ1n) is 7.34. The fourth-order valence-electron chi connectivity index (χ4n) is 2.38. The molecule has 1 amide bonds. The second-order valence-electron chi connectivity index (χ2n) is 5.16. The highest BCUT2D eigenvalue weighted by Gasteiger charge is 2.22. The molecule has 3 rings (SSSR count). The Kier molecular flexibility index (Phi) is 4.44. The first kappa shape index (κ1) is 16.0. The van der Waals surface area contributed by atoms with E-state index in [2.05, 4.69) is 4.72 Å².